The summed E-state index contributed by atoms with van der Waals surface area (Å²) in [5.74, 6) is -0.906. The van der Waals surface area contributed by atoms with Gasteiger partial charge in [0.05, 0.1) is 6.54 Å². The first kappa shape index (κ1) is 20.9. The molecule has 2 aliphatic rings. The first-order chi connectivity index (χ1) is 12.8. The second-order valence-electron chi connectivity index (χ2n) is 7.08. The lowest BCUT2D eigenvalue weighted by atomic mass is 10.1. The van der Waals surface area contributed by atoms with E-state index >= 15 is 0 Å². The van der Waals surface area contributed by atoms with Crippen LogP contribution < -0.4 is 16.0 Å². The van der Waals surface area contributed by atoms with Crippen LogP contribution in [0, 0.1) is 0 Å². The highest BCUT2D eigenvalue weighted by Crippen LogP contribution is 2.13. The fourth-order valence-corrected chi connectivity index (χ4v) is 3.20. The topological polar surface area (TPSA) is 120 Å². The maximum atomic E-state index is 12.9. The molecule has 2 heterocycles. The van der Waals surface area contributed by atoms with Crippen LogP contribution in [0.4, 0.5) is 4.79 Å². The van der Waals surface area contributed by atoms with E-state index in [1.807, 2.05) is 13.8 Å². The monoisotopic (exact) mass is 383 g/mol. The predicted molar refractivity (Wildman–Crippen MR) is 96.8 cm³/mol. The number of carbonyl (C=O) groups is 4. The number of rotatable bonds is 5. The Hall–Kier alpha value is -2.36. The van der Waals surface area contributed by atoms with Crippen molar-refractivity contribution in [3.63, 3.8) is 0 Å². The number of ether oxygens (including phenoxy) is 1. The minimum atomic E-state index is -0.868. The zero-order valence-corrected chi connectivity index (χ0v) is 16.1. The average Bonchev–Trinajstić information content (AvgIpc) is 2.62. The van der Waals surface area contributed by atoms with Crippen LogP contribution in [-0.2, 0) is 19.1 Å². The molecule has 152 valence electrons. The quantitative estimate of drug-likeness (QED) is 0.543. The van der Waals surface area contributed by atoms with Gasteiger partial charge in [0.2, 0.25) is 17.7 Å². The van der Waals surface area contributed by atoms with Gasteiger partial charge < -0.3 is 30.5 Å². The molecule has 27 heavy (non-hydrogen) atoms. The van der Waals surface area contributed by atoms with Crippen LogP contribution in [0.1, 0.15) is 26.7 Å². The summed E-state index contributed by atoms with van der Waals surface area (Å²) in [4.78, 5) is 52.4. The maximum Gasteiger partial charge on any atom is 0.318 e. The molecule has 5 amide bonds. The highest BCUT2D eigenvalue weighted by atomic mass is 16.5. The van der Waals surface area contributed by atoms with Gasteiger partial charge in [0.15, 0.2) is 0 Å². The molecule has 0 aromatic heterocycles. The molecule has 0 aromatic carbocycles. The van der Waals surface area contributed by atoms with Gasteiger partial charge in [-0.1, -0.05) is 0 Å². The van der Waals surface area contributed by atoms with Crippen molar-refractivity contribution in [2.24, 2.45) is 0 Å². The molecular weight excluding hydrogens is 354 g/mol. The Morgan fingerprint density at radius 2 is 2.04 bits per heavy atom. The molecular formula is C17H29N5O5. The number of nitrogens with zero attached hydrogens (tertiary/aromatic N) is 2. The number of piperidine rings is 1. The molecule has 0 bridgehead atoms. The number of carbonyl (C=O) groups excluding carboxylic acids is 4. The third kappa shape index (κ3) is 5.56. The minimum absolute atomic E-state index is 0.0634. The largest absolute Gasteiger partial charge is 0.375 e. The Balaban J connectivity index is 2.11. The summed E-state index contributed by atoms with van der Waals surface area (Å²) in [6.07, 6.45) is 1.33. The molecule has 0 aromatic rings. The summed E-state index contributed by atoms with van der Waals surface area (Å²) in [6.45, 7) is 4.78. The van der Waals surface area contributed by atoms with Crippen LogP contribution in [0.15, 0.2) is 0 Å². The number of hydrogen-bond acceptors (Lipinski definition) is 5. The second kappa shape index (κ2) is 9.54. The zero-order valence-electron chi connectivity index (χ0n) is 16.1. The van der Waals surface area contributed by atoms with Crippen LogP contribution in [0.25, 0.3) is 0 Å². The molecule has 2 rings (SSSR count). The van der Waals surface area contributed by atoms with Crippen molar-refractivity contribution in [2.45, 2.75) is 44.8 Å². The third-order valence-corrected chi connectivity index (χ3v) is 4.58. The number of methoxy groups -OCH3 is 1. The molecule has 2 atom stereocenters. The summed E-state index contributed by atoms with van der Waals surface area (Å²) >= 11 is 0. The molecule has 10 heteroatoms. The third-order valence-electron chi connectivity index (χ3n) is 4.58. The highest BCUT2D eigenvalue weighted by Gasteiger charge is 2.38. The van der Waals surface area contributed by atoms with Gasteiger partial charge in [-0.15, -0.1) is 0 Å². The Morgan fingerprint density at radius 3 is 2.67 bits per heavy atom. The Kier molecular flexibility index (Phi) is 7.40. The first-order valence-corrected chi connectivity index (χ1v) is 9.25. The summed E-state index contributed by atoms with van der Waals surface area (Å²) in [6, 6.07) is -1.94. The molecule has 2 aliphatic heterocycles. The lowest BCUT2D eigenvalue weighted by Crippen LogP contribution is -2.65. The molecule has 0 radical (unpaired) electrons. The van der Waals surface area contributed by atoms with Gasteiger partial charge in [-0.2, -0.15) is 0 Å². The van der Waals surface area contributed by atoms with Crippen LogP contribution in [-0.4, -0.2) is 91.6 Å². The molecule has 2 fully saturated rings. The zero-order chi connectivity index (χ0) is 20.0. The lowest BCUT2D eigenvalue weighted by molar-refractivity contribution is -0.141. The van der Waals surface area contributed by atoms with E-state index in [0.717, 1.165) is 6.42 Å². The second-order valence-corrected chi connectivity index (χ2v) is 7.08. The van der Waals surface area contributed by atoms with E-state index in [9.17, 15) is 19.2 Å². The van der Waals surface area contributed by atoms with E-state index in [2.05, 4.69) is 16.0 Å². The summed E-state index contributed by atoms with van der Waals surface area (Å²) in [5.41, 5.74) is 0. The number of urea groups is 1. The van der Waals surface area contributed by atoms with Gasteiger partial charge in [0, 0.05) is 32.8 Å². The minimum Gasteiger partial charge on any atom is -0.375 e. The molecule has 3 N–H and O–H groups in total. The van der Waals surface area contributed by atoms with E-state index in [-0.39, 0.29) is 43.6 Å². The predicted octanol–water partition coefficient (Wildman–Crippen LogP) is -1.34. The van der Waals surface area contributed by atoms with Crippen molar-refractivity contribution in [2.75, 3.05) is 39.9 Å². The van der Waals surface area contributed by atoms with Crippen molar-refractivity contribution < 1.29 is 23.9 Å². The van der Waals surface area contributed by atoms with Crippen molar-refractivity contribution in [1.29, 1.82) is 0 Å². The van der Waals surface area contributed by atoms with E-state index in [1.165, 1.54) is 16.9 Å². The van der Waals surface area contributed by atoms with Crippen molar-refractivity contribution in [3.8, 4) is 0 Å². The average molecular weight is 383 g/mol. The van der Waals surface area contributed by atoms with Crippen LogP contribution >= 0.6 is 0 Å². The van der Waals surface area contributed by atoms with E-state index < -0.39 is 18.0 Å². The van der Waals surface area contributed by atoms with Gasteiger partial charge >= 0.3 is 6.03 Å². The van der Waals surface area contributed by atoms with Crippen LogP contribution in [0.3, 0.4) is 0 Å². The normalized spacial score (nSPS) is 23.0. The number of hydrogen-bond donors (Lipinski definition) is 3. The molecule has 10 nitrogen and oxygen atoms in total. The van der Waals surface area contributed by atoms with Gasteiger partial charge in [-0.3, -0.25) is 14.4 Å². The number of amides is 5. The lowest BCUT2D eigenvalue weighted by Gasteiger charge is -2.41. The maximum absolute atomic E-state index is 12.9. The van der Waals surface area contributed by atoms with Gasteiger partial charge in [0.25, 0.3) is 0 Å². The highest BCUT2D eigenvalue weighted by molar-refractivity contribution is 5.93. The molecule has 0 unspecified atom stereocenters. The van der Waals surface area contributed by atoms with E-state index in [4.69, 9.17) is 4.74 Å². The van der Waals surface area contributed by atoms with Crippen LogP contribution in [0.5, 0.6) is 0 Å². The SMILES string of the molecule is COCC(=O)N1CCN(C(=O)NC(C)C)[C@H](C(=O)N[C@H]2CCCNC2=O)C1. The fourth-order valence-electron chi connectivity index (χ4n) is 3.20. The fraction of sp³-hybridized carbons (Fsp3) is 0.765. The molecule has 0 spiro atoms. The van der Waals surface area contributed by atoms with Gasteiger partial charge in [-0.25, -0.2) is 4.79 Å². The van der Waals surface area contributed by atoms with Gasteiger partial charge in [-0.05, 0) is 26.7 Å². The Bertz CT molecular complexity index is 582. The molecule has 2 saturated heterocycles. The standard InChI is InChI=1S/C17H29N5O5/c1-11(2)19-17(26)22-8-7-21(14(23)10-27-3)9-13(22)16(25)20-12-5-4-6-18-15(12)24/h11-13H,4-10H2,1-3H3,(H,18,24)(H,19,26)(H,20,25)/t12-,13-/m0/s1. The van der Waals surface area contributed by atoms with Crippen molar-refractivity contribution in [3.05, 3.63) is 0 Å². The molecule has 0 aliphatic carbocycles. The van der Waals surface area contributed by atoms with E-state index in [0.29, 0.717) is 19.5 Å². The first-order valence-electron chi connectivity index (χ1n) is 9.25. The van der Waals surface area contributed by atoms with Crippen LogP contribution in [0.2, 0.25) is 0 Å². The van der Waals surface area contributed by atoms with E-state index in [1.54, 1.807) is 0 Å². The Morgan fingerprint density at radius 1 is 1.30 bits per heavy atom. The number of piperazine rings is 1. The van der Waals surface area contributed by atoms with Crippen molar-refractivity contribution >= 4 is 23.8 Å². The van der Waals surface area contributed by atoms with Crippen molar-refractivity contribution in [1.82, 2.24) is 25.8 Å². The summed E-state index contributed by atoms with van der Waals surface area (Å²) in [5, 5.41) is 8.22. The summed E-state index contributed by atoms with van der Waals surface area (Å²) < 4.78 is 4.88. The number of nitrogens with one attached hydrogen (secondary N) is 3. The summed E-state index contributed by atoms with van der Waals surface area (Å²) in [7, 11) is 1.43. The van der Waals surface area contributed by atoms with Gasteiger partial charge in [0.1, 0.15) is 18.7 Å². The molecule has 0 saturated carbocycles. The Labute approximate surface area is 158 Å². The smallest absolute Gasteiger partial charge is 0.318 e.